The minimum absolute atomic E-state index is 0.198. The molecule has 3 aromatic rings. The van der Waals surface area contributed by atoms with Crippen LogP contribution in [0.2, 0.25) is 0 Å². The van der Waals surface area contributed by atoms with Crippen molar-refractivity contribution in [1.29, 1.82) is 0 Å². The number of Topliss-reactive ketones (excluding diaryl/α,β-unsaturated/α-hetero) is 1. The van der Waals surface area contributed by atoms with Crippen LogP contribution in [0.3, 0.4) is 0 Å². The molecule has 0 atom stereocenters. The van der Waals surface area contributed by atoms with E-state index >= 15 is 0 Å². The molecule has 0 aliphatic carbocycles. The maximum Gasteiger partial charge on any atom is 0.353 e. The Morgan fingerprint density at radius 2 is 2.12 bits per heavy atom. The Morgan fingerprint density at radius 1 is 1.23 bits per heavy atom. The third-order valence-corrected chi connectivity index (χ3v) is 4.69. The summed E-state index contributed by atoms with van der Waals surface area (Å²) < 4.78 is 11.1. The van der Waals surface area contributed by atoms with Crippen molar-refractivity contribution in [3.8, 4) is 11.5 Å². The normalized spacial score (nSPS) is 14.2. The number of benzene rings is 1. The Hall–Kier alpha value is -3.25. The Labute approximate surface area is 153 Å². The van der Waals surface area contributed by atoms with E-state index in [0.29, 0.717) is 33.2 Å². The Kier molecular flexibility index (Phi) is 4.10. The number of hydrogen-bond donors (Lipinski definition) is 0. The molecule has 1 aliphatic heterocycles. The minimum Gasteiger partial charge on any atom is -0.452 e. The average Bonchev–Trinajstić information content (AvgIpc) is 3.25. The van der Waals surface area contributed by atoms with Crippen molar-refractivity contribution in [1.82, 2.24) is 4.98 Å². The lowest BCUT2D eigenvalue weighted by atomic mass is 10.0. The molecule has 26 heavy (non-hydrogen) atoms. The molecule has 5 nitrogen and oxygen atoms in total. The van der Waals surface area contributed by atoms with Gasteiger partial charge >= 0.3 is 5.97 Å². The molecule has 0 radical (unpaired) electrons. The number of ether oxygens (including phenoxy) is 2. The molecule has 0 spiro atoms. The molecule has 1 aliphatic rings. The summed E-state index contributed by atoms with van der Waals surface area (Å²) >= 11 is 1.31. The van der Waals surface area contributed by atoms with Gasteiger partial charge in [0, 0.05) is 18.3 Å². The van der Waals surface area contributed by atoms with Crippen LogP contribution >= 0.6 is 11.3 Å². The van der Waals surface area contributed by atoms with Crippen molar-refractivity contribution in [2.45, 2.75) is 6.92 Å². The van der Waals surface area contributed by atoms with Crippen LogP contribution in [-0.4, -0.2) is 16.7 Å². The maximum absolute atomic E-state index is 12.6. The molecule has 0 saturated heterocycles. The molecule has 3 heterocycles. The van der Waals surface area contributed by atoms with Crippen LogP contribution < -0.4 is 9.47 Å². The number of carbonyl (C=O) groups excluding carboxylic acids is 2. The summed E-state index contributed by atoms with van der Waals surface area (Å²) in [6, 6.07) is 12.1. The van der Waals surface area contributed by atoms with Crippen molar-refractivity contribution < 1.29 is 19.1 Å². The number of aromatic nitrogens is 1. The zero-order chi connectivity index (χ0) is 18.1. The number of hydrogen-bond acceptors (Lipinski definition) is 6. The van der Waals surface area contributed by atoms with E-state index in [1.54, 1.807) is 61.0 Å². The number of thiophene rings is 1. The summed E-state index contributed by atoms with van der Waals surface area (Å²) in [6.07, 6.45) is 3.24. The van der Waals surface area contributed by atoms with E-state index < -0.39 is 5.97 Å². The zero-order valence-electron chi connectivity index (χ0n) is 13.8. The summed E-state index contributed by atoms with van der Waals surface area (Å²) in [6.45, 7) is 1.78. The van der Waals surface area contributed by atoms with Crippen molar-refractivity contribution >= 4 is 29.2 Å². The smallest absolute Gasteiger partial charge is 0.353 e. The molecule has 0 N–H and O–H groups in total. The standard InChI is InChI=1S/C20H13NO4S/c1-12-9-14(24-20(23)17-6-4-8-26-17)11-15-18(12)19(22)16(25-15)10-13-5-2-3-7-21-13/h2-11H,1H3/b16-10-. The molecule has 128 valence electrons. The molecular weight excluding hydrogens is 350 g/mol. The molecule has 0 unspecified atom stereocenters. The quantitative estimate of drug-likeness (QED) is 0.395. The third kappa shape index (κ3) is 3.02. The lowest BCUT2D eigenvalue weighted by Gasteiger charge is -2.06. The molecule has 4 rings (SSSR count). The Bertz CT molecular complexity index is 1020. The van der Waals surface area contributed by atoms with Crippen molar-refractivity contribution in [3.63, 3.8) is 0 Å². The van der Waals surface area contributed by atoms with E-state index in [1.165, 1.54) is 11.3 Å². The second kappa shape index (κ2) is 6.57. The highest BCUT2D eigenvalue weighted by molar-refractivity contribution is 7.12. The molecule has 0 fully saturated rings. The minimum atomic E-state index is -0.437. The molecule has 6 heteroatoms. The average molecular weight is 363 g/mol. The van der Waals surface area contributed by atoms with Gasteiger partial charge in [-0.05, 0) is 42.1 Å². The van der Waals surface area contributed by atoms with Gasteiger partial charge in [-0.2, -0.15) is 0 Å². The van der Waals surface area contributed by atoms with Crippen molar-refractivity contribution in [2.75, 3.05) is 0 Å². The van der Waals surface area contributed by atoms with Crippen LogP contribution in [0.25, 0.3) is 6.08 Å². The number of ketones is 1. The molecule has 1 aromatic carbocycles. The van der Waals surface area contributed by atoms with E-state index in [9.17, 15) is 9.59 Å². The number of pyridine rings is 1. The van der Waals surface area contributed by atoms with Crippen LogP contribution in [0.1, 0.15) is 31.3 Å². The highest BCUT2D eigenvalue weighted by atomic mass is 32.1. The summed E-state index contributed by atoms with van der Waals surface area (Å²) in [4.78, 5) is 29.4. The fraction of sp³-hybridized carbons (Fsp3) is 0.0500. The number of nitrogens with zero attached hydrogens (tertiary/aromatic N) is 1. The lowest BCUT2D eigenvalue weighted by Crippen LogP contribution is -2.06. The number of allylic oxidation sites excluding steroid dienone is 1. The number of carbonyl (C=O) groups is 2. The van der Waals surface area contributed by atoms with Crippen LogP contribution in [0.4, 0.5) is 0 Å². The predicted molar refractivity (Wildman–Crippen MR) is 97.6 cm³/mol. The summed E-state index contributed by atoms with van der Waals surface area (Å²) in [5.74, 6) is 0.272. The Balaban J connectivity index is 1.63. The fourth-order valence-electron chi connectivity index (χ4n) is 2.68. The highest BCUT2D eigenvalue weighted by Crippen LogP contribution is 2.37. The van der Waals surface area contributed by atoms with E-state index in [4.69, 9.17) is 9.47 Å². The van der Waals surface area contributed by atoms with Crippen molar-refractivity contribution in [2.24, 2.45) is 0 Å². The van der Waals surface area contributed by atoms with Gasteiger partial charge in [-0.1, -0.05) is 12.1 Å². The maximum atomic E-state index is 12.6. The second-order valence-electron chi connectivity index (χ2n) is 5.67. The van der Waals surface area contributed by atoms with Crippen LogP contribution in [-0.2, 0) is 0 Å². The van der Waals surface area contributed by atoms with Gasteiger partial charge in [0.15, 0.2) is 5.76 Å². The molecule has 0 amide bonds. The van der Waals surface area contributed by atoms with E-state index in [2.05, 4.69) is 4.98 Å². The first-order valence-electron chi connectivity index (χ1n) is 7.87. The molecule has 0 bridgehead atoms. The van der Waals surface area contributed by atoms with Gasteiger partial charge in [-0.25, -0.2) is 4.79 Å². The number of esters is 1. The van der Waals surface area contributed by atoms with Crippen molar-refractivity contribution in [3.05, 3.63) is 81.5 Å². The predicted octanol–water partition coefficient (Wildman–Crippen LogP) is 4.29. The third-order valence-electron chi connectivity index (χ3n) is 3.84. The van der Waals surface area contributed by atoms with E-state index in [0.717, 1.165) is 0 Å². The number of fused-ring (bicyclic) bond motifs is 1. The first-order chi connectivity index (χ1) is 12.6. The largest absolute Gasteiger partial charge is 0.452 e. The first kappa shape index (κ1) is 16.2. The molecule has 2 aromatic heterocycles. The van der Waals surface area contributed by atoms with E-state index in [-0.39, 0.29) is 11.5 Å². The van der Waals surface area contributed by atoms with Gasteiger partial charge in [0.2, 0.25) is 5.78 Å². The van der Waals surface area contributed by atoms with E-state index in [1.807, 2.05) is 6.07 Å². The van der Waals surface area contributed by atoms with Gasteiger partial charge in [0.1, 0.15) is 16.4 Å². The molecule has 0 saturated carbocycles. The van der Waals surface area contributed by atoms with Crippen LogP contribution in [0.15, 0.2) is 59.8 Å². The monoisotopic (exact) mass is 363 g/mol. The summed E-state index contributed by atoms with van der Waals surface area (Å²) in [5.41, 5.74) is 1.79. The van der Waals surface area contributed by atoms with Crippen LogP contribution in [0.5, 0.6) is 11.5 Å². The SMILES string of the molecule is Cc1cc(OC(=O)c2cccs2)cc2c1C(=O)/C(=C/c1ccccn1)O2. The van der Waals surface area contributed by atoms with Gasteiger partial charge < -0.3 is 9.47 Å². The van der Waals surface area contributed by atoms with Gasteiger partial charge in [0.25, 0.3) is 0 Å². The van der Waals surface area contributed by atoms with Gasteiger partial charge in [-0.3, -0.25) is 9.78 Å². The summed E-state index contributed by atoms with van der Waals surface area (Å²) in [7, 11) is 0. The second-order valence-corrected chi connectivity index (χ2v) is 6.62. The van der Waals surface area contributed by atoms with Gasteiger partial charge in [0.05, 0.1) is 11.3 Å². The fourth-order valence-corrected chi connectivity index (χ4v) is 3.28. The zero-order valence-corrected chi connectivity index (χ0v) is 14.6. The topological polar surface area (TPSA) is 65.5 Å². The molecular formula is C20H13NO4S. The Morgan fingerprint density at radius 3 is 2.85 bits per heavy atom. The number of rotatable bonds is 3. The van der Waals surface area contributed by atoms with Crippen LogP contribution in [0, 0.1) is 6.92 Å². The summed E-state index contributed by atoms with van der Waals surface area (Å²) in [5, 5.41) is 1.81. The highest BCUT2D eigenvalue weighted by Gasteiger charge is 2.30. The van der Waals surface area contributed by atoms with Gasteiger partial charge in [-0.15, -0.1) is 11.3 Å². The first-order valence-corrected chi connectivity index (χ1v) is 8.75. The number of aryl methyl sites for hydroxylation is 1. The lowest BCUT2D eigenvalue weighted by molar-refractivity contribution is 0.0739.